The van der Waals surface area contributed by atoms with Crippen LogP contribution in [-0.4, -0.2) is 15.1 Å². The van der Waals surface area contributed by atoms with Crippen LogP contribution in [0.5, 0.6) is 5.75 Å². The van der Waals surface area contributed by atoms with Crippen molar-refractivity contribution in [1.82, 2.24) is 9.97 Å². The summed E-state index contributed by atoms with van der Waals surface area (Å²) < 4.78 is 0. The summed E-state index contributed by atoms with van der Waals surface area (Å²) in [6, 6.07) is 27.1. The number of pyridine rings is 2. The van der Waals surface area contributed by atoms with Gasteiger partial charge in [-0.05, 0) is 42.5 Å². The number of para-hydroxylation sites is 1. The minimum absolute atomic E-state index is 0.231. The van der Waals surface area contributed by atoms with Crippen LogP contribution < -0.4 is 0 Å². The second-order valence-corrected chi connectivity index (χ2v) is 5.72. The Kier molecular flexibility index (Phi) is 3.97. The molecule has 0 aliphatic heterocycles. The molecule has 0 aliphatic carbocycles. The number of phenols is 1. The second-order valence-electron chi connectivity index (χ2n) is 5.72. The number of hydrogen-bond acceptors (Lipinski definition) is 3. The number of rotatable bonds is 3. The van der Waals surface area contributed by atoms with Crippen LogP contribution in [0.4, 0.5) is 0 Å². The number of aromatic nitrogens is 2. The number of benzene rings is 2. The Labute approximate surface area is 146 Å². The van der Waals surface area contributed by atoms with Gasteiger partial charge in [-0.15, -0.1) is 0 Å². The Hall–Kier alpha value is -3.46. The van der Waals surface area contributed by atoms with Crippen LogP contribution in [0.25, 0.3) is 33.8 Å². The quantitative estimate of drug-likeness (QED) is 0.564. The van der Waals surface area contributed by atoms with Crippen LogP contribution in [0.3, 0.4) is 0 Å². The van der Waals surface area contributed by atoms with Crippen molar-refractivity contribution in [1.29, 1.82) is 0 Å². The monoisotopic (exact) mass is 324 g/mol. The fraction of sp³-hybridized carbons (Fsp3) is 0. The topological polar surface area (TPSA) is 46.0 Å². The largest absolute Gasteiger partial charge is 0.507 e. The molecule has 2 heterocycles. The predicted molar refractivity (Wildman–Crippen MR) is 100 cm³/mol. The van der Waals surface area contributed by atoms with E-state index in [0.29, 0.717) is 0 Å². The summed E-state index contributed by atoms with van der Waals surface area (Å²) in [4.78, 5) is 9.14. The molecule has 0 bridgehead atoms. The molecule has 0 spiro atoms. The van der Waals surface area contributed by atoms with Crippen molar-refractivity contribution in [2.45, 2.75) is 0 Å². The minimum Gasteiger partial charge on any atom is -0.507 e. The van der Waals surface area contributed by atoms with Gasteiger partial charge in [0.2, 0.25) is 0 Å². The molecule has 25 heavy (non-hydrogen) atoms. The molecule has 0 unspecified atom stereocenters. The van der Waals surface area contributed by atoms with E-state index in [9.17, 15) is 5.11 Å². The van der Waals surface area contributed by atoms with Crippen LogP contribution in [0.15, 0.2) is 91.1 Å². The molecule has 0 radical (unpaired) electrons. The van der Waals surface area contributed by atoms with Gasteiger partial charge in [0, 0.05) is 22.9 Å². The minimum atomic E-state index is 0.231. The maximum absolute atomic E-state index is 10.1. The predicted octanol–water partition coefficient (Wildman–Crippen LogP) is 5.18. The summed E-state index contributed by atoms with van der Waals surface area (Å²) in [5.41, 5.74) is 5.33. The zero-order valence-electron chi connectivity index (χ0n) is 13.5. The van der Waals surface area contributed by atoms with Gasteiger partial charge >= 0.3 is 0 Å². The number of nitrogens with zero attached hydrogens (tertiary/aromatic N) is 2. The SMILES string of the molecule is Oc1ccccc1-c1cccc(-c2cccc(-c3ccccn3)c2)n1. The summed E-state index contributed by atoms with van der Waals surface area (Å²) in [6.45, 7) is 0. The molecular formula is C22H16N2O. The zero-order valence-corrected chi connectivity index (χ0v) is 13.5. The summed E-state index contributed by atoms with van der Waals surface area (Å²) in [5.74, 6) is 0.231. The summed E-state index contributed by atoms with van der Waals surface area (Å²) in [5, 5.41) is 10.1. The molecule has 1 N–H and O–H groups in total. The van der Waals surface area contributed by atoms with E-state index in [0.717, 1.165) is 33.8 Å². The summed E-state index contributed by atoms with van der Waals surface area (Å²) in [6.07, 6.45) is 1.79. The van der Waals surface area contributed by atoms with Crippen LogP contribution >= 0.6 is 0 Å². The maximum atomic E-state index is 10.1. The normalized spacial score (nSPS) is 10.6. The average Bonchev–Trinajstić information content (AvgIpc) is 2.69. The molecule has 2 aromatic heterocycles. The van der Waals surface area contributed by atoms with Crippen molar-refractivity contribution >= 4 is 0 Å². The first-order chi connectivity index (χ1) is 12.3. The van der Waals surface area contributed by atoms with E-state index < -0.39 is 0 Å². The van der Waals surface area contributed by atoms with E-state index in [4.69, 9.17) is 4.98 Å². The smallest absolute Gasteiger partial charge is 0.124 e. The van der Waals surface area contributed by atoms with Gasteiger partial charge in [-0.25, -0.2) is 4.98 Å². The van der Waals surface area contributed by atoms with Crippen LogP contribution in [-0.2, 0) is 0 Å². The highest BCUT2D eigenvalue weighted by atomic mass is 16.3. The standard InChI is InChI=1S/C22H16N2O/c25-22-13-2-1-9-18(22)21-12-6-11-20(24-21)17-8-5-7-16(15-17)19-10-3-4-14-23-19/h1-15,25H. The van der Waals surface area contributed by atoms with Gasteiger partial charge < -0.3 is 5.11 Å². The average molecular weight is 324 g/mol. The van der Waals surface area contributed by atoms with Gasteiger partial charge in [0.15, 0.2) is 0 Å². The van der Waals surface area contributed by atoms with E-state index in [-0.39, 0.29) is 5.75 Å². The molecule has 2 aromatic carbocycles. The first-order valence-electron chi connectivity index (χ1n) is 8.08. The van der Waals surface area contributed by atoms with E-state index in [2.05, 4.69) is 11.1 Å². The van der Waals surface area contributed by atoms with Crippen molar-refractivity contribution in [3.8, 4) is 39.5 Å². The van der Waals surface area contributed by atoms with Crippen LogP contribution in [0, 0.1) is 0 Å². The molecule has 3 nitrogen and oxygen atoms in total. The lowest BCUT2D eigenvalue weighted by Gasteiger charge is -2.08. The number of hydrogen-bond donors (Lipinski definition) is 1. The molecule has 0 saturated carbocycles. The zero-order chi connectivity index (χ0) is 17.1. The maximum Gasteiger partial charge on any atom is 0.124 e. The first kappa shape index (κ1) is 15.1. The van der Waals surface area contributed by atoms with Crippen molar-refractivity contribution < 1.29 is 5.11 Å². The molecule has 0 fully saturated rings. The molecule has 0 saturated heterocycles. The first-order valence-corrected chi connectivity index (χ1v) is 8.08. The second kappa shape index (κ2) is 6.57. The van der Waals surface area contributed by atoms with Gasteiger partial charge in [0.25, 0.3) is 0 Å². The third kappa shape index (κ3) is 3.12. The van der Waals surface area contributed by atoms with Crippen LogP contribution in [0.2, 0.25) is 0 Å². The Morgan fingerprint density at radius 3 is 2.08 bits per heavy atom. The number of phenolic OH excluding ortho intramolecular Hbond substituents is 1. The number of aromatic hydroxyl groups is 1. The highest BCUT2D eigenvalue weighted by Crippen LogP contribution is 2.30. The molecule has 0 atom stereocenters. The summed E-state index contributed by atoms with van der Waals surface area (Å²) >= 11 is 0. The van der Waals surface area contributed by atoms with Gasteiger partial charge in [-0.1, -0.05) is 42.5 Å². The highest BCUT2D eigenvalue weighted by molar-refractivity contribution is 5.73. The fourth-order valence-electron chi connectivity index (χ4n) is 2.81. The van der Waals surface area contributed by atoms with Crippen molar-refractivity contribution in [2.24, 2.45) is 0 Å². The Bertz CT molecular complexity index is 1010. The summed E-state index contributed by atoms with van der Waals surface area (Å²) in [7, 11) is 0. The van der Waals surface area contributed by atoms with Gasteiger partial charge in [0.1, 0.15) is 5.75 Å². The lowest BCUT2D eigenvalue weighted by atomic mass is 10.0. The van der Waals surface area contributed by atoms with Crippen LogP contribution in [0.1, 0.15) is 0 Å². The van der Waals surface area contributed by atoms with Crippen molar-refractivity contribution in [3.63, 3.8) is 0 Å². The molecule has 0 amide bonds. The Morgan fingerprint density at radius 2 is 1.28 bits per heavy atom. The van der Waals surface area contributed by atoms with E-state index in [1.54, 1.807) is 18.3 Å². The molecular weight excluding hydrogens is 308 g/mol. The Morgan fingerprint density at radius 1 is 0.600 bits per heavy atom. The fourth-order valence-corrected chi connectivity index (χ4v) is 2.81. The third-order valence-electron chi connectivity index (χ3n) is 4.05. The highest BCUT2D eigenvalue weighted by Gasteiger charge is 2.08. The Balaban J connectivity index is 1.76. The van der Waals surface area contributed by atoms with E-state index in [1.165, 1.54) is 0 Å². The molecule has 3 heteroatoms. The van der Waals surface area contributed by atoms with E-state index in [1.807, 2.05) is 66.7 Å². The lowest BCUT2D eigenvalue weighted by molar-refractivity contribution is 0.477. The van der Waals surface area contributed by atoms with Crippen molar-refractivity contribution in [2.75, 3.05) is 0 Å². The molecule has 120 valence electrons. The molecule has 4 rings (SSSR count). The molecule has 4 aromatic rings. The lowest BCUT2D eigenvalue weighted by Crippen LogP contribution is -1.89. The molecule has 0 aliphatic rings. The van der Waals surface area contributed by atoms with Crippen molar-refractivity contribution in [3.05, 3.63) is 91.1 Å². The van der Waals surface area contributed by atoms with E-state index >= 15 is 0 Å². The third-order valence-corrected chi connectivity index (χ3v) is 4.05. The van der Waals surface area contributed by atoms with Gasteiger partial charge in [0.05, 0.1) is 17.1 Å². The van der Waals surface area contributed by atoms with Gasteiger partial charge in [-0.2, -0.15) is 0 Å². The van der Waals surface area contributed by atoms with Gasteiger partial charge in [-0.3, -0.25) is 4.98 Å².